The Bertz CT molecular complexity index is 713. The van der Waals surface area contributed by atoms with Gasteiger partial charge in [0.05, 0.1) is 21.2 Å². The molecule has 3 aromatic rings. The van der Waals surface area contributed by atoms with Gasteiger partial charge in [-0.3, -0.25) is 0 Å². The smallest absolute Gasteiger partial charge is 0.180 e. The van der Waals surface area contributed by atoms with Gasteiger partial charge in [0.15, 0.2) is 5.13 Å². The Labute approximate surface area is 127 Å². The highest BCUT2D eigenvalue weighted by Crippen LogP contribution is 2.22. The van der Waals surface area contributed by atoms with Gasteiger partial charge in [0.1, 0.15) is 11.6 Å². The van der Waals surface area contributed by atoms with Crippen molar-refractivity contribution in [3.8, 4) is 0 Å². The van der Waals surface area contributed by atoms with Crippen molar-refractivity contribution in [1.29, 1.82) is 0 Å². The summed E-state index contributed by atoms with van der Waals surface area (Å²) in [7, 11) is 0. The molecule has 4 nitrogen and oxygen atoms in total. The Kier molecular flexibility index (Phi) is 3.71. The summed E-state index contributed by atoms with van der Waals surface area (Å²) in [5.41, 5.74) is 8.09. The second-order valence-corrected chi connectivity index (χ2v) is 6.24. The summed E-state index contributed by atoms with van der Waals surface area (Å²) in [5, 5.41) is 2.57. The maximum Gasteiger partial charge on any atom is 0.180 e. The number of hydrogen-bond donors (Lipinski definition) is 2. The molecule has 3 N–H and O–H groups in total. The standard InChI is InChI=1S/C13H12BrFN4S/c14-8-4-10-11(5-9(8)15)19-12(18-10)3-1-2-7-6-20-13(16)17-7/h4-6H,1-3H2,(H2,16,17)(H,18,19). The minimum Gasteiger partial charge on any atom is -0.375 e. The zero-order chi connectivity index (χ0) is 14.1. The first-order chi connectivity index (χ1) is 9.61. The first-order valence-corrected chi connectivity index (χ1v) is 7.82. The quantitative estimate of drug-likeness (QED) is 0.750. The number of aromatic nitrogens is 3. The number of nitrogens with one attached hydrogen (secondary N) is 1. The molecule has 0 spiro atoms. The average molecular weight is 355 g/mol. The van der Waals surface area contributed by atoms with E-state index < -0.39 is 0 Å². The van der Waals surface area contributed by atoms with Crippen LogP contribution in [0.2, 0.25) is 0 Å². The molecule has 0 saturated carbocycles. The Balaban J connectivity index is 1.68. The highest BCUT2D eigenvalue weighted by Gasteiger charge is 2.07. The summed E-state index contributed by atoms with van der Waals surface area (Å²) >= 11 is 4.62. The van der Waals surface area contributed by atoms with E-state index in [9.17, 15) is 4.39 Å². The second-order valence-electron chi connectivity index (χ2n) is 4.50. The number of benzene rings is 1. The van der Waals surface area contributed by atoms with Crippen LogP contribution < -0.4 is 5.73 Å². The van der Waals surface area contributed by atoms with Crippen molar-refractivity contribution in [2.45, 2.75) is 19.3 Å². The van der Waals surface area contributed by atoms with E-state index in [1.54, 1.807) is 6.07 Å². The van der Waals surface area contributed by atoms with Crippen molar-refractivity contribution in [3.63, 3.8) is 0 Å². The van der Waals surface area contributed by atoms with Crippen LogP contribution in [0, 0.1) is 5.82 Å². The topological polar surface area (TPSA) is 67.6 Å². The van der Waals surface area contributed by atoms with Crippen LogP contribution >= 0.6 is 27.3 Å². The number of rotatable bonds is 4. The molecule has 20 heavy (non-hydrogen) atoms. The number of imidazole rings is 1. The lowest BCUT2D eigenvalue weighted by atomic mass is 10.2. The normalized spacial score (nSPS) is 11.3. The molecular formula is C13H12BrFN4S. The number of hydrogen-bond acceptors (Lipinski definition) is 4. The lowest BCUT2D eigenvalue weighted by Crippen LogP contribution is -1.93. The molecule has 7 heteroatoms. The average Bonchev–Trinajstić information content (AvgIpc) is 2.97. The molecule has 2 aromatic heterocycles. The molecule has 0 amide bonds. The molecule has 104 valence electrons. The van der Waals surface area contributed by atoms with E-state index >= 15 is 0 Å². The van der Waals surface area contributed by atoms with E-state index in [-0.39, 0.29) is 5.82 Å². The van der Waals surface area contributed by atoms with Crippen LogP contribution in [0.3, 0.4) is 0 Å². The second kappa shape index (κ2) is 5.49. The van der Waals surface area contributed by atoms with Crippen LogP contribution in [0.4, 0.5) is 9.52 Å². The van der Waals surface area contributed by atoms with E-state index in [0.29, 0.717) is 9.60 Å². The third-order valence-corrected chi connectivity index (χ3v) is 4.32. The molecule has 0 unspecified atom stereocenters. The van der Waals surface area contributed by atoms with Gasteiger partial charge in [-0.05, 0) is 34.8 Å². The fourth-order valence-corrected chi connectivity index (χ4v) is 2.98. The fraction of sp³-hybridized carbons (Fsp3) is 0.231. The zero-order valence-corrected chi connectivity index (χ0v) is 12.9. The fourth-order valence-electron chi connectivity index (χ4n) is 2.05. The summed E-state index contributed by atoms with van der Waals surface area (Å²) in [6.45, 7) is 0. The van der Waals surface area contributed by atoms with Crippen molar-refractivity contribution >= 4 is 43.4 Å². The number of aromatic amines is 1. The van der Waals surface area contributed by atoms with Crippen LogP contribution in [0.25, 0.3) is 11.0 Å². The lowest BCUT2D eigenvalue weighted by Gasteiger charge is -1.95. The summed E-state index contributed by atoms with van der Waals surface area (Å²) in [6, 6.07) is 3.14. The molecule has 0 radical (unpaired) electrons. The molecule has 0 aliphatic heterocycles. The minimum atomic E-state index is -0.286. The molecule has 0 saturated heterocycles. The van der Waals surface area contributed by atoms with Gasteiger partial charge >= 0.3 is 0 Å². The first kappa shape index (κ1) is 13.5. The minimum absolute atomic E-state index is 0.286. The SMILES string of the molecule is Nc1nc(CCCc2nc3cc(Br)c(F)cc3[nH]2)cs1. The maximum atomic E-state index is 13.4. The van der Waals surface area contributed by atoms with Crippen LogP contribution in [0.15, 0.2) is 22.0 Å². The van der Waals surface area contributed by atoms with E-state index in [1.807, 2.05) is 5.38 Å². The monoisotopic (exact) mass is 354 g/mol. The van der Waals surface area contributed by atoms with E-state index in [0.717, 1.165) is 41.8 Å². The Morgan fingerprint density at radius 2 is 2.15 bits per heavy atom. The predicted molar refractivity (Wildman–Crippen MR) is 82.3 cm³/mol. The molecule has 3 rings (SSSR count). The van der Waals surface area contributed by atoms with E-state index in [1.165, 1.54) is 17.4 Å². The summed E-state index contributed by atoms with van der Waals surface area (Å²) < 4.78 is 13.9. The van der Waals surface area contributed by atoms with Crippen molar-refractivity contribution in [2.24, 2.45) is 0 Å². The molecule has 0 aliphatic carbocycles. The number of nitrogen functional groups attached to an aromatic ring is 1. The molecule has 0 fully saturated rings. The number of aryl methyl sites for hydroxylation is 2. The molecule has 0 bridgehead atoms. The van der Waals surface area contributed by atoms with Gasteiger partial charge in [-0.15, -0.1) is 11.3 Å². The lowest BCUT2D eigenvalue weighted by molar-refractivity contribution is 0.623. The Hall–Kier alpha value is -1.47. The van der Waals surface area contributed by atoms with Crippen LogP contribution in [0.5, 0.6) is 0 Å². The maximum absolute atomic E-state index is 13.4. The largest absolute Gasteiger partial charge is 0.375 e. The van der Waals surface area contributed by atoms with Crippen molar-refractivity contribution in [1.82, 2.24) is 15.0 Å². The van der Waals surface area contributed by atoms with E-state index in [2.05, 4.69) is 30.9 Å². The van der Waals surface area contributed by atoms with Gasteiger partial charge in [0.2, 0.25) is 0 Å². The van der Waals surface area contributed by atoms with Gasteiger partial charge in [0.25, 0.3) is 0 Å². The predicted octanol–water partition coefficient (Wildman–Crippen LogP) is 3.68. The van der Waals surface area contributed by atoms with Crippen LogP contribution in [0.1, 0.15) is 17.9 Å². The van der Waals surface area contributed by atoms with Crippen molar-refractivity contribution < 1.29 is 4.39 Å². The number of H-pyrrole nitrogens is 1. The Morgan fingerprint density at radius 1 is 1.30 bits per heavy atom. The van der Waals surface area contributed by atoms with Gasteiger partial charge in [-0.25, -0.2) is 14.4 Å². The van der Waals surface area contributed by atoms with Crippen molar-refractivity contribution in [3.05, 3.63) is 39.3 Å². The third kappa shape index (κ3) is 2.83. The summed E-state index contributed by atoms with van der Waals surface area (Å²) in [6.07, 6.45) is 2.58. The van der Waals surface area contributed by atoms with Gasteiger partial charge in [0, 0.05) is 17.9 Å². The van der Waals surface area contributed by atoms with Crippen LogP contribution in [-0.4, -0.2) is 15.0 Å². The number of anilines is 1. The Morgan fingerprint density at radius 3 is 2.90 bits per heavy atom. The molecule has 1 aromatic carbocycles. The number of nitrogens with zero attached hydrogens (tertiary/aromatic N) is 2. The highest BCUT2D eigenvalue weighted by molar-refractivity contribution is 9.10. The zero-order valence-electron chi connectivity index (χ0n) is 10.5. The molecular weight excluding hydrogens is 343 g/mol. The van der Waals surface area contributed by atoms with Gasteiger partial charge < -0.3 is 10.7 Å². The number of nitrogens with two attached hydrogens (primary N) is 1. The van der Waals surface area contributed by atoms with Crippen LogP contribution in [-0.2, 0) is 12.8 Å². The molecule has 0 atom stereocenters. The number of halogens is 2. The van der Waals surface area contributed by atoms with E-state index in [4.69, 9.17) is 5.73 Å². The number of fused-ring (bicyclic) bond motifs is 1. The first-order valence-electron chi connectivity index (χ1n) is 6.15. The van der Waals surface area contributed by atoms with Crippen molar-refractivity contribution in [2.75, 3.05) is 5.73 Å². The summed E-state index contributed by atoms with van der Waals surface area (Å²) in [4.78, 5) is 11.8. The molecule has 0 aliphatic rings. The van der Waals surface area contributed by atoms with Gasteiger partial charge in [-0.1, -0.05) is 0 Å². The van der Waals surface area contributed by atoms with Gasteiger partial charge in [-0.2, -0.15) is 0 Å². The summed E-state index contributed by atoms with van der Waals surface area (Å²) in [5.74, 6) is 0.575. The third-order valence-electron chi connectivity index (χ3n) is 2.99. The molecule has 2 heterocycles. The number of thiazole rings is 1. The highest BCUT2D eigenvalue weighted by atomic mass is 79.9.